The van der Waals surface area contributed by atoms with Gasteiger partial charge in [-0.05, 0) is 30.9 Å². The Bertz CT molecular complexity index is 439. The molecule has 1 aromatic rings. The summed E-state index contributed by atoms with van der Waals surface area (Å²) in [5.74, 6) is 0.425. The van der Waals surface area contributed by atoms with Crippen LogP contribution >= 0.6 is 11.6 Å². The SMILES string of the molecule is CC(C)C1CCCN1C(=O)c1c(N)cccc1Cl. The molecule has 1 aromatic carbocycles. The van der Waals surface area contributed by atoms with Crippen molar-refractivity contribution < 1.29 is 4.79 Å². The highest BCUT2D eigenvalue weighted by atomic mass is 35.5. The molecule has 1 saturated heterocycles. The molecule has 1 aliphatic rings. The number of nitrogens with zero attached hydrogens (tertiary/aromatic N) is 1. The van der Waals surface area contributed by atoms with E-state index in [1.807, 2.05) is 4.90 Å². The van der Waals surface area contributed by atoms with E-state index in [4.69, 9.17) is 17.3 Å². The number of carbonyl (C=O) groups excluding carboxylic acids is 1. The molecule has 1 unspecified atom stereocenters. The summed E-state index contributed by atoms with van der Waals surface area (Å²) in [6.07, 6.45) is 2.12. The molecule has 2 N–H and O–H groups in total. The molecule has 3 nitrogen and oxygen atoms in total. The lowest BCUT2D eigenvalue weighted by atomic mass is 10.0. The molecule has 1 amide bonds. The van der Waals surface area contributed by atoms with Gasteiger partial charge in [0.25, 0.3) is 5.91 Å². The van der Waals surface area contributed by atoms with E-state index in [-0.39, 0.29) is 5.91 Å². The van der Waals surface area contributed by atoms with Crippen LogP contribution in [0.4, 0.5) is 5.69 Å². The van der Waals surface area contributed by atoms with Gasteiger partial charge in [-0.25, -0.2) is 0 Å². The molecule has 0 bridgehead atoms. The normalized spacial score (nSPS) is 19.6. The zero-order valence-corrected chi connectivity index (χ0v) is 11.6. The molecule has 1 aliphatic heterocycles. The van der Waals surface area contributed by atoms with Gasteiger partial charge < -0.3 is 10.6 Å². The molecular weight excluding hydrogens is 248 g/mol. The molecule has 0 saturated carbocycles. The Morgan fingerprint density at radius 2 is 2.22 bits per heavy atom. The van der Waals surface area contributed by atoms with Crippen molar-refractivity contribution in [2.75, 3.05) is 12.3 Å². The van der Waals surface area contributed by atoms with Crippen molar-refractivity contribution in [1.29, 1.82) is 0 Å². The maximum atomic E-state index is 12.6. The number of anilines is 1. The van der Waals surface area contributed by atoms with Crippen LogP contribution in [0.5, 0.6) is 0 Å². The summed E-state index contributed by atoms with van der Waals surface area (Å²) in [5, 5.41) is 0.439. The molecule has 4 heteroatoms. The Labute approximate surface area is 113 Å². The zero-order chi connectivity index (χ0) is 13.3. The van der Waals surface area contributed by atoms with E-state index in [1.54, 1.807) is 18.2 Å². The van der Waals surface area contributed by atoms with E-state index in [0.717, 1.165) is 19.4 Å². The minimum Gasteiger partial charge on any atom is -0.398 e. The molecule has 18 heavy (non-hydrogen) atoms. The second-order valence-electron chi connectivity index (χ2n) is 5.16. The van der Waals surface area contributed by atoms with E-state index in [0.29, 0.717) is 28.2 Å². The van der Waals surface area contributed by atoms with E-state index >= 15 is 0 Å². The number of nitrogens with two attached hydrogens (primary N) is 1. The van der Waals surface area contributed by atoms with Gasteiger partial charge in [0.15, 0.2) is 0 Å². The molecule has 0 aliphatic carbocycles. The topological polar surface area (TPSA) is 46.3 Å². The summed E-state index contributed by atoms with van der Waals surface area (Å²) in [7, 11) is 0. The van der Waals surface area contributed by atoms with Gasteiger partial charge in [0, 0.05) is 18.3 Å². The molecule has 1 heterocycles. The van der Waals surface area contributed by atoms with Gasteiger partial charge in [0.2, 0.25) is 0 Å². The highest BCUT2D eigenvalue weighted by Gasteiger charge is 2.32. The number of carbonyl (C=O) groups is 1. The van der Waals surface area contributed by atoms with E-state index in [1.165, 1.54) is 0 Å². The average molecular weight is 267 g/mol. The first-order valence-electron chi connectivity index (χ1n) is 6.37. The van der Waals surface area contributed by atoms with Gasteiger partial charge in [0.05, 0.1) is 10.6 Å². The van der Waals surface area contributed by atoms with Gasteiger partial charge >= 0.3 is 0 Å². The summed E-state index contributed by atoms with van der Waals surface area (Å²) >= 11 is 6.10. The van der Waals surface area contributed by atoms with E-state index in [9.17, 15) is 4.79 Å². The Balaban J connectivity index is 2.31. The van der Waals surface area contributed by atoms with Crippen LogP contribution in [0.3, 0.4) is 0 Å². The first-order valence-corrected chi connectivity index (χ1v) is 6.75. The number of amides is 1. The quantitative estimate of drug-likeness (QED) is 0.836. The minimum atomic E-state index is -0.0331. The largest absolute Gasteiger partial charge is 0.398 e. The third-order valence-electron chi connectivity index (χ3n) is 3.59. The second kappa shape index (κ2) is 5.19. The van der Waals surface area contributed by atoms with Crippen molar-refractivity contribution in [1.82, 2.24) is 4.90 Å². The van der Waals surface area contributed by atoms with Crippen LogP contribution in [-0.2, 0) is 0 Å². The molecule has 1 atom stereocenters. The monoisotopic (exact) mass is 266 g/mol. The van der Waals surface area contributed by atoms with Gasteiger partial charge in [-0.15, -0.1) is 0 Å². The third-order valence-corrected chi connectivity index (χ3v) is 3.90. The van der Waals surface area contributed by atoms with Crippen molar-refractivity contribution in [3.8, 4) is 0 Å². The van der Waals surface area contributed by atoms with E-state index < -0.39 is 0 Å². The lowest BCUT2D eigenvalue weighted by molar-refractivity contribution is 0.0703. The number of halogens is 1. The van der Waals surface area contributed by atoms with Gasteiger partial charge in [-0.2, -0.15) is 0 Å². The van der Waals surface area contributed by atoms with Crippen LogP contribution in [0, 0.1) is 5.92 Å². The Kier molecular flexibility index (Phi) is 3.81. The van der Waals surface area contributed by atoms with Crippen LogP contribution in [0.25, 0.3) is 0 Å². The molecule has 1 fully saturated rings. The fraction of sp³-hybridized carbons (Fsp3) is 0.500. The molecule has 0 spiro atoms. The smallest absolute Gasteiger partial charge is 0.257 e. The fourth-order valence-electron chi connectivity index (χ4n) is 2.65. The maximum absolute atomic E-state index is 12.6. The Morgan fingerprint density at radius 3 is 2.83 bits per heavy atom. The van der Waals surface area contributed by atoms with Crippen molar-refractivity contribution in [2.24, 2.45) is 5.92 Å². The number of rotatable bonds is 2. The minimum absolute atomic E-state index is 0.0331. The van der Waals surface area contributed by atoms with Crippen LogP contribution < -0.4 is 5.73 Å². The molecule has 98 valence electrons. The number of hydrogen-bond donors (Lipinski definition) is 1. The lowest BCUT2D eigenvalue weighted by Crippen LogP contribution is -2.38. The predicted octanol–water partition coefficient (Wildman–Crippen LogP) is 3.18. The molecule has 2 rings (SSSR count). The van der Waals surface area contributed by atoms with Gasteiger partial charge in [-0.1, -0.05) is 31.5 Å². The Hall–Kier alpha value is -1.22. The molecule has 0 radical (unpaired) electrons. The predicted molar refractivity (Wildman–Crippen MR) is 74.8 cm³/mol. The standard InChI is InChI=1S/C14H19ClN2O/c1-9(2)12-7-4-8-17(12)14(18)13-10(15)5-3-6-11(13)16/h3,5-6,9,12H,4,7-8,16H2,1-2H3. The first kappa shape index (κ1) is 13.2. The molecule has 0 aromatic heterocycles. The number of likely N-dealkylation sites (tertiary alicyclic amines) is 1. The molecular formula is C14H19ClN2O. The zero-order valence-electron chi connectivity index (χ0n) is 10.8. The number of nitrogen functional groups attached to an aromatic ring is 1. The summed E-state index contributed by atoms with van der Waals surface area (Å²) < 4.78 is 0. The number of benzene rings is 1. The van der Waals surface area contributed by atoms with Gasteiger partial charge in [-0.3, -0.25) is 4.79 Å². The van der Waals surface area contributed by atoms with Crippen molar-refractivity contribution >= 4 is 23.2 Å². The highest BCUT2D eigenvalue weighted by Crippen LogP contribution is 2.30. The fourth-order valence-corrected chi connectivity index (χ4v) is 2.91. The third kappa shape index (κ3) is 2.32. The summed E-state index contributed by atoms with van der Waals surface area (Å²) in [5.41, 5.74) is 6.79. The van der Waals surface area contributed by atoms with Crippen LogP contribution in [0.15, 0.2) is 18.2 Å². The van der Waals surface area contributed by atoms with Gasteiger partial charge in [0.1, 0.15) is 0 Å². The van der Waals surface area contributed by atoms with E-state index in [2.05, 4.69) is 13.8 Å². The van der Waals surface area contributed by atoms with Crippen molar-refractivity contribution in [2.45, 2.75) is 32.7 Å². The number of hydrogen-bond acceptors (Lipinski definition) is 2. The lowest BCUT2D eigenvalue weighted by Gasteiger charge is -2.28. The van der Waals surface area contributed by atoms with Crippen LogP contribution in [-0.4, -0.2) is 23.4 Å². The summed E-state index contributed by atoms with van der Waals surface area (Å²) in [4.78, 5) is 14.5. The summed E-state index contributed by atoms with van der Waals surface area (Å²) in [6, 6.07) is 5.50. The summed E-state index contributed by atoms with van der Waals surface area (Å²) in [6.45, 7) is 5.09. The van der Waals surface area contributed by atoms with Crippen molar-refractivity contribution in [3.05, 3.63) is 28.8 Å². The first-order chi connectivity index (χ1) is 8.52. The Morgan fingerprint density at radius 1 is 1.50 bits per heavy atom. The van der Waals surface area contributed by atoms with Crippen LogP contribution in [0.1, 0.15) is 37.0 Å². The van der Waals surface area contributed by atoms with Crippen molar-refractivity contribution in [3.63, 3.8) is 0 Å². The van der Waals surface area contributed by atoms with Crippen LogP contribution in [0.2, 0.25) is 5.02 Å². The second-order valence-corrected chi connectivity index (χ2v) is 5.56. The highest BCUT2D eigenvalue weighted by molar-refractivity contribution is 6.34. The average Bonchev–Trinajstić information content (AvgIpc) is 2.77. The maximum Gasteiger partial charge on any atom is 0.257 e.